The van der Waals surface area contributed by atoms with Gasteiger partial charge in [-0.15, -0.1) is 11.3 Å². The predicted molar refractivity (Wildman–Crippen MR) is 184 cm³/mol. The number of aryl methyl sites for hydroxylation is 1. The Morgan fingerprint density at radius 1 is 0.979 bits per heavy atom. The maximum Gasteiger partial charge on any atom is 0.336 e. The number of rotatable bonds is 12. The highest BCUT2D eigenvalue weighted by Gasteiger charge is 2.42. The van der Waals surface area contributed by atoms with E-state index in [-0.39, 0.29) is 39.4 Å². The Balaban J connectivity index is 1.39. The van der Waals surface area contributed by atoms with Crippen molar-refractivity contribution >= 4 is 58.3 Å². The number of benzene rings is 1. The van der Waals surface area contributed by atoms with Crippen molar-refractivity contribution in [1.82, 2.24) is 25.0 Å². The standard InChI is InChI=1S/C34H41Cl2N5O6S/c1-21-8-11-27(42)41(21)14-5-13-39-15-17-40(18-16-39)28(43)20-25-31(34(45)47-3)32(29-22(35)6-4-7-23(29)36)30(33(44)46-2)24(38-25)9-10-26-37-12-19-48-26/h4,6-7,12,19,21,32,38H,5,8-11,13-18,20H2,1-3H3. The number of ether oxygens (including phenoxy) is 2. The van der Waals surface area contributed by atoms with E-state index in [0.717, 1.165) is 30.9 Å². The van der Waals surface area contributed by atoms with E-state index in [1.165, 1.54) is 25.6 Å². The maximum absolute atomic E-state index is 13.9. The Morgan fingerprint density at radius 3 is 2.23 bits per heavy atom. The SMILES string of the molecule is COC(=O)C1=C(CCc2nccs2)NC(CC(=O)N2CCN(CCCN3C(=O)CCC3C)CC2)=C(C(=O)OC)C1c1c(Cl)cccc1Cl. The topological polar surface area (TPSA) is 121 Å². The molecule has 0 bridgehead atoms. The molecule has 1 aromatic carbocycles. The van der Waals surface area contributed by atoms with Gasteiger partial charge in [0, 0.05) is 90.2 Å². The van der Waals surface area contributed by atoms with Gasteiger partial charge in [0.2, 0.25) is 11.8 Å². The number of likely N-dealkylation sites (tertiary alicyclic amines) is 1. The van der Waals surface area contributed by atoms with Crippen molar-refractivity contribution in [3.05, 3.63) is 72.9 Å². The molecule has 2 amide bonds. The van der Waals surface area contributed by atoms with E-state index in [2.05, 4.69) is 22.1 Å². The minimum absolute atomic E-state index is 0.0728. The Kier molecular flexibility index (Phi) is 12.2. The molecule has 11 nitrogen and oxygen atoms in total. The van der Waals surface area contributed by atoms with Crippen LogP contribution < -0.4 is 5.32 Å². The van der Waals surface area contributed by atoms with Gasteiger partial charge in [0.05, 0.1) is 42.7 Å². The molecule has 14 heteroatoms. The molecule has 2 atom stereocenters. The first-order valence-corrected chi connectivity index (χ1v) is 17.8. The monoisotopic (exact) mass is 717 g/mol. The molecular formula is C34H41Cl2N5O6S. The number of nitrogens with zero attached hydrogens (tertiary/aromatic N) is 4. The number of methoxy groups -OCH3 is 2. The molecule has 0 saturated carbocycles. The molecule has 1 aromatic heterocycles. The summed E-state index contributed by atoms with van der Waals surface area (Å²) in [6.07, 6.45) is 4.87. The number of halogens is 2. The fourth-order valence-corrected chi connectivity index (χ4v) is 7.94. The van der Waals surface area contributed by atoms with E-state index in [0.29, 0.717) is 68.4 Å². The molecule has 2 saturated heterocycles. The van der Waals surface area contributed by atoms with Crippen LogP contribution in [0, 0.1) is 0 Å². The van der Waals surface area contributed by atoms with Gasteiger partial charge < -0.3 is 24.6 Å². The van der Waals surface area contributed by atoms with Crippen LogP contribution >= 0.6 is 34.5 Å². The van der Waals surface area contributed by atoms with Crippen LogP contribution in [0.2, 0.25) is 10.0 Å². The number of thiazole rings is 1. The summed E-state index contributed by atoms with van der Waals surface area (Å²) in [5.41, 5.74) is 1.40. The number of dihydropyridines is 1. The number of hydrogen-bond donors (Lipinski definition) is 1. The molecular weight excluding hydrogens is 677 g/mol. The van der Waals surface area contributed by atoms with Gasteiger partial charge in [-0.05, 0) is 44.9 Å². The lowest BCUT2D eigenvalue weighted by atomic mass is 9.78. The van der Waals surface area contributed by atoms with Gasteiger partial charge in [0.25, 0.3) is 0 Å². The molecule has 0 radical (unpaired) electrons. The molecule has 258 valence electrons. The molecule has 0 aliphatic carbocycles. The summed E-state index contributed by atoms with van der Waals surface area (Å²) in [6, 6.07) is 5.25. The molecule has 4 heterocycles. The molecule has 5 rings (SSSR count). The highest BCUT2D eigenvalue weighted by Crippen LogP contribution is 2.46. The average molecular weight is 719 g/mol. The first kappa shape index (κ1) is 35.8. The maximum atomic E-state index is 13.9. The Morgan fingerprint density at radius 2 is 1.65 bits per heavy atom. The minimum atomic E-state index is -1.05. The normalized spacial score (nSPS) is 20.3. The van der Waals surface area contributed by atoms with Crippen molar-refractivity contribution < 1.29 is 28.7 Å². The Labute approximate surface area is 294 Å². The van der Waals surface area contributed by atoms with Crippen LogP contribution in [0.15, 0.2) is 52.3 Å². The number of piperazine rings is 1. The third-order valence-corrected chi connectivity index (χ3v) is 10.8. The fraction of sp³-hybridized carbons (Fsp3) is 0.500. The summed E-state index contributed by atoms with van der Waals surface area (Å²) in [6.45, 7) is 6.15. The number of carbonyl (C=O) groups is 4. The van der Waals surface area contributed by atoms with Crippen molar-refractivity contribution in [2.45, 2.75) is 57.4 Å². The molecule has 1 N–H and O–H groups in total. The van der Waals surface area contributed by atoms with Crippen LogP contribution in [0.4, 0.5) is 0 Å². The van der Waals surface area contributed by atoms with Crippen LogP contribution in [-0.4, -0.2) is 103 Å². The number of amides is 2. The van der Waals surface area contributed by atoms with Crippen LogP contribution in [0.5, 0.6) is 0 Å². The number of allylic oxidation sites excluding steroid dienone is 1. The van der Waals surface area contributed by atoms with E-state index in [1.807, 2.05) is 10.3 Å². The third-order valence-electron chi connectivity index (χ3n) is 9.26. The van der Waals surface area contributed by atoms with E-state index in [4.69, 9.17) is 32.7 Å². The van der Waals surface area contributed by atoms with Gasteiger partial charge in [-0.3, -0.25) is 14.5 Å². The third kappa shape index (κ3) is 8.05. The van der Waals surface area contributed by atoms with Crippen molar-refractivity contribution in [3.63, 3.8) is 0 Å². The van der Waals surface area contributed by atoms with Crippen molar-refractivity contribution in [3.8, 4) is 0 Å². The summed E-state index contributed by atoms with van der Waals surface area (Å²) in [4.78, 5) is 63.5. The number of hydrogen-bond acceptors (Lipinski definition) is 10. The molecule has 0 spiro atoms. The van der Waals surface area contributed by atoms with Crippen LogP contribution in [0.25, 0.3) is 0 Å². The second kappa shape index (κ2) is 16.3. The largest absolute Gasteiger partial charge is 0.466 e. The summed E-state index contributed by atoms with van der Waals surface area (Å²) in [5, 5.41) is 6.52. The van der Waals surface area contributed by atoms with E-state index >= 15 is 0 Å². The van der Waals surface area contributed by atoms with Gasteiger partial charge in [0.15, 0.2) is 0 Å². The lowest BCUT2D eigenvalue weighted by Gasteiger charge is -2.36. The summed E-state index contributed by atoms with van der Waals surface area (Å²) in [5.74, 6) is -2.37. The van der Waals surface area contributed by atoms with Gasteiger partial charge in [-0.25, -0.2) is 14.6 Å². The Bertz CT molecular complexity index is 1570. The lowest BCUT2D eigenvalue weighted by molar-refractivity contribution is -0.137. The highest BCUT2D eigenvalue weighted by atomic mass is 35.5. The number of esters is 2. The number of nitrogens with one attached hydrogen (secondary N) is 1. The summed E-state index contributed by atoms with van der Waals surface area (Å²) in [7, 11) is 2.52. The zero-order valence-electron chi connectivity index (χ0n) is 27.4. The molecule has 2 fully saturated rings. The second-order valence-electron chi connectivity index (χ2n) is 12.1. The van der Waals surface area contributed by atoms with E-state index < -0.39 is 17.9 Å². The van der Waals surface area contributed by atoms with Crippen molar-refractivity contribution in [2.24, 2.45) is 0 Å². The van der Waals surface area contributed by atoms with E-state index in [9.17, 15) is 19.2 Å². The van der Waals surface area contributed by atoms with E-state index in [1.54, 1.807) is 29.3 Å². The van der Waals surface area contributed by atoms with Crippen LogP contribution in [-0.2, 0) is 35.1 Å². The zero-order chi connectivity index (χ0) is 34.4. The Hall–Kier alpha value is -3.45. The minimum Gasteiger partial charge on any atom is -0.466 e. The first-order valence-electron chi connectivity index (χ1n) is 16.1. The van der Waals surface area contributed by atoms with Gasteiger partial charge in [0.1, 0.15) is 0 Å². The quantitative estimate of drug-likeness (QED) is 0.315. The second-order valence-corrected chi connectivity index (χ2v) is 13.9. The lowest BCUT2D eigenvalue weighted by Crippen LogP contribution is -2.49. The smallest absolute Gasteiger partial charge is 0.336 e. The average Bonchev–Trinajstić information content (AvgIpc) is 3.72. The molecule has 2 unspecified atom stereocenters. The summed E-state index contributed by atoms with van der Waals surface area (Å²) < 4.78 is 10.5. The van der Waals surface area contributed by atoms with Crippen LogP contribution in [0.3, 0.4) is 0 Å². The van der Waals surface area contributed by atoms with Gasteiger partial charge in [-0.2, -0.15) is 0 Å². The highest BCUT2D eigenvalue weighted by molar-refractivity contribution is 7.09. The van der Waals surface area contributed by atoms with Gasteiger partial charge in [-0.1, -0.05) is 29.3 Å². The molecule has 3 aliphatic rings. The molecule has 2 aromatic rings. The number of aromatic nitrogens is 1. The zero-order valence-corrected chi connectivity index (χ0v) is 29.8. The molecule has 48 heavy (non-hydrogen) atoms. The van der Waals surface area contributed by atoms with Crippen molar-refractivity contribution in [2.75, 3.05) is 53.5 Å². The van der Waals surface area contributed by atoms with Crippen LogP contribution in [0.1, 0.15) is 55.5 Å². The predicted octanol–water partition coefficient (Wildman–Crippen LogP) is 4.56. The fourth-order valence-electron chi connectivity index (χ4n) is 6.70. The van der Waals surface area contributed by atoms with Gasteiger partial charge >= 0.3 is 11.9 Å². The molecule has 3 aliphatic heterocycles. The van der Waals surface area contributed by atoms with Crippen molar-refractivity contribution in [1.29, 1.82) is 0 Å². The first-order chi connectivity index (χ1) is 23.1. The summed E-state index contributed by atoms with van der Waals surface area (Å²) >= 11 is 14.9. The number of carbonyl (C=O) groups excluding carboxylic acids is 4.